The molecule has 0 radical (unpaired) electrons. The number of likely N-dealkylation sites (tertiary alicyclic amines) is 1. The number of aromatic nitrogens is 2. The number of piperidine rings is 1. The highest BCUT2D eigenvalue weighted by atomic mass is 19.4. The number of anilines is 3. The van der Waals surface area contributed by atoms with Crippen LogP contribution in [0.1, 0.15) is 80.1 Å². The van der Waals surface area contributed by atoms with Crippen LogP contribution in [0.2, 0.25) is 0 Å². The van der Waals surface area contributed by atoms with Crippen molar-refractivity contribution in [3.63, 3.8) is 0 Å². The Morgan fingerprint density at radius 3 is 2.22 bits per heavy atom. The van der Waals surface area contributed by atoms with Crippen molar-refractivity contribution in [2.24, 2.45) is 17.8 Å². The Labute approximate surface area is 262 Å². The lowest BCUT2D eigenvalue weighted by molar-refractivity contribution is -0.137. The Balaban J connectivity index is 1.18. The topological polar surface area (TPSA) is 102 Å². The molecule has 4 aliphatic carbocycles. The van der Waals surface area contributed by atoms with E-state index in [1.165, 1.54) is 0 Å². The summed E-state index contributed by atoms with van der Waals surface area (Å²) < 4.78 is 42.5. The summed E-state index contributed by atoms with van der Waals surface area (Å²) in [5, 5.41) is 9.32. The van der Waals surface area contributed by atoms with Gasteiger partial charge in [0.25, 0.3) is 5.91 Å². The zero-order valence-electron chi connectivity index (χ0n) is 26.1. The van der Waals surface area contributed by atoms with E-state index in [0.717, 1.165) is 83.5 Å². The lowest BCUT2D eigenvalue weighted by Crippen LogP contribution is -2.55. The number of fused-ring (bicyclic) bond motifs is 3. The molecular weight excluding hydrogens is 583 g/mol. The van der Waals surface area contributed by atoms with E-state index in [0.29, 0.717) is 11.3 Å². The molecule has 45 heavy (non-hydrogen) atoms. The van der Waals surface area contributed by atoms with Crippen LogP contribution in [-0.4, -0.2) is 76.9 Å². The fourth-order valence-corrected chi connectivity index (χ4v) is 7.90. The van der Waals surface area contributed by atoms with E-state index in [2.05, 4.69) is 37.9 Å². The lowest BCUT2D eigenvalue weighted by atomic mass is 9.61. The number of nitrogens with zero attached hydrogens (tertiary/aromatic N) is 4. The van der Waals surface area contributed by atoms with Gasteiger partial charge in [-0.1, -0.05) is 12.8 Å². The monoisotopic (exact) mass is 627 g/mol. The van der Waals surface area contributed by atoms with E-state index < -0.39 is 23.7 Å². The van der Waals surface area contributed by atoms with Crippen LogP contribution >= 0.6 is 0 Å². The standard InChI is InChI=1S/C33H44F3N7O2/c1-42-17-15-25(16-18-42)43(2)31(45)22-11-13-24(14-12-22)39-32-37-19-26(33(34,35)36)29(41-32)40-28-21-9-7-20(8-10-21)27(28)30(44)38-23-5-3-4-6-23/h11-14,19-21,23,25,27-28H,3-10,15-18H2,1-2H3,(H,38,44)(H2,37,39,40,41)/t20?,21?,27?,28-/m1/s1. The van der Waals surface area contributed by atoms with Gasteiger partial charge in [0.2, 0.25) is 11.9 Å². The average Bonchev–Trinajstić information content (AvgIpc) is 3.54. The molecule has 2 aromatic rings. The van der Waals surface area contributed by atoms with Crippen molar-refractivity contribution in [3.8, 4) is 0 Å². The van der Waals surface area contributed by atoms with Gasteiger partial charge in [0, 0.05) is 42.6 Å². The number of halogens is 3. The molecule has 1 aromatic heterocycles. The Bertz CT molecular complexity index is 1350. The molecule has 3 N–H and O–H groups in total. The summed E-state index contributed by atoms with van der Waals surface area (Å²) in [5.41, 5.74) is 0.124. The van der Waals surface area contributed by atoms with Gasteiger partial charge in [-0.05, 0) is 108 Å². The van der Waals surface area contributed by atoms with Crippen LogP contribution in [0.4, 0.5) is 30.6 Å². The molecule has 1 aliphatic heterocycles. The zero-order valence-corrected chi connectivity index (χ0v) is 26.1. The first-order chi connectivity index (χ1) is 21.6. The number of carbonyl (C=O) groups is 2. The first kappa shape index (κ1) is 31.6. The molecule has 1 saturated heterocycles. The summed E-state index contributed by atoms with van der Waals surface area (Å²) in [6.07, 6.45) is 5.65. The largest absolute Gasteiger partial charge is 0.421 e. The SMILES string of the molecule is CN1CCC(N(C)C(=O)c2ccc(Nc3ncc(C(F)(F)F)c(N[C@@H]4C5CCC(CC5)C4C(=O)NC4CCCC4)n3)cc2)CC1. The van der Waals surface area contributed by atoms with Gasteiger partial charge < -0.3 is 25.8 Å². The number of nitrogens with one attached hydrogen (secondary N) is 3. The fraction of sp³-hybridized carbons (Fsp3) is 0.636. The van der Waals surface area contributed by atoms with Crippen LogP contribution in [0.15, 0.2) is 30.5 Å². The van der Waals surface area contributed by atoms with Crippen LogP contribution in [0, 0.1) is 17.8 Å². The minimum absolute atomic E-state index is 0.000876. The summed E-state index contributed by atoms with van der Waals surface area (Å²) in [6, 6.07) is 6.70. The van der Waals surface area contributed by atoms with Gasteiger partial charge in [0.15, 0.2) is 0 Å². The molecule has 0 spiro atoms. The van der Waals surface area contributed by atoms with Crippen molar-refractivity contribution in [2.75, 3.05) is 37.8 Å². The molecule has 1 unspecified atom stereocenters. The zero-order chi connectivity index (χ0) is 31.7. The Kier molecular flexibility index (Phi) is 9.22. The van der Waals surface area contributed by atoms with Gasteiger partial charge in [-0.15, -0.1) is 0 Å². The van der Waals surface area contributed by atoms with Crippen molar-refractivity contribution >= 4 is 29.3 Å². The van der Waals surface area contributed by atoms with E-state index in [1.54, 1.807) is 29.2 Å². The molecule has 4 saturated carbocycles. The van der Waals surface area contributed by atoms with Crippen molar-refractivity contribution in [1.29, 1.82) is 0 Å². The number of alkyl halides is 3. The minimum atomic E-state index is -4.67. The molecule has 244 valence electrons. The van der Waals surface area contributed by atoms with Crippen molar-refractivity contribution in [3.05, 3.63) is 41.6 Å². The quantitative estimate of drug-likeness (QED) is 0.346. The maximum Gasteiger partial charge on any atom is 0.421 e. The molecule has 9 nitrogen and oxygen atoms in total. The lowest BCUT2D eigenvalue weighted by Gasteiger charge is -2.48. The van der Waals surface area contributed by atoms with Gasteiger partial charge in [-0.3, -0.25) is 9.59 Å². The second-order valence-electron chi connectivity index (χ2n) is 13.5. The van der Waals surface area contributed by atoms with E-state index in [4.69, 9.17) is 0 Å². The molecule has 7 rings (SSSR count). The first-order valence-corrected chi connectivity index (χ1v) is 16.4. The summed E-state index contributed by atoms with van der Waals surface area (Å²) in [6.45, 7) is 1.90. The van der Waals surface area contributed by atoms with Crippen molar-refractivity contribution in [2.45, 2.75) is 88.5 Å². The average molecular weight is 628 g/mol. The van der Waals surface area contributed by atoms with Gasteiger partial charge in [-0.25, -0.2) is 4.98 Å². The van der Waals surface area contributed by atoms with Gasteiger partial charge in [-0.2, -0.15) is 18.2 Å². The molecule has 2 heterocycles. The third kappa shape index (κ3) is 7.05. The Morgan fingerprint density at radius 2 is 1.58 bits per heavy atom. The number of hydrogen-bond donors (Lipinski definition) is 3. The van der Waals surface area contributed by atoms with Gasteiger partial charge in [0.05, 0.1) is 5.92 Å². The van der Waals surface area contributed by atoms with Crippen LogP contribution in [0.5, 0.6) is 0 Å². The normalized spacial score (nSPS) is 26.1. The fourth-order valence-electron chi connectivity index (χ4n) is 7.90. The van der Waals surface area contributed by atoms with Crippen LogP contribution in [0.3, 0.4) is 0 Å². The van der Waals surface area contributed by atoms with Crippen molar-refractivity contribution < 1.29 is 22.8 Å². The highest BCUT2D eigenvalue weighted by Gasteiger charge is 2.48. The summed E-state index contributed by atoms with van der Waals surface area (Å²) in [4.78, 5) is 38.9. The second kappa shape index (κ2) is 13.1. The predicted octanol–water partition coefficient (Wildman–Crippen LogP) is 5.68. The molecule has 2 amide bonds. The summed E-state index contributed by atoms with van der Waals surface area (Å²) in [5.74, 6) is -0.596. The summed E-state index contributed by atoms with van der Waals surface area (Å²) in [7, 11) is 3.91. The first-order valence-electron chi connectivity index (χ1n) is 16.4. The number of hydrogen-bond acceptors (Lipinski definition) is 7. The number of carbonyl (C=O) groups excluding carboxylic acids is 2. The van der Waals surface area contributed by atoms with E-state index in [-0.39, 0.29) is 47.5 Å². The molecule has 2 bridgehead atoms. The molecule has 2 atom stereocenters. The molecule has 1 aromatic carbocycles. The van der Waals surface area contributed by atoms with Crippen LogP contribution in [0.25, 0.3) is 0 Å². The minimum Gasteiger partial charge on any atom is -0.366 e. The third-order valence-electron chi connectivity index (χ3n) is 10.6. The highest BCUT2D eigenvalue weighted by Crippen LogP contribution is 2.47. The maximum absolute atomic E-state index is 14.2. The molecule has 12 heteroatoms. The van der Waals surface area contributed by atoms with E-state index in [9.17, 15) is 22.8 Å². The predicted molar refractivity (Wildman–Crippen MR) is 166 cm³/mol. The van der Waals surface area contributed by atoms with Crippen LogP contribution < -0.4 is 16.0 Å². The highest BCUT2D eigenvalue weighted by molar-refractivity contribution is 5.94. The number of benzene rings is 1. The molecule has 5 aliphatic rings. The third-order valence-corrected chi connectivity index (χ3v) is 10.6. The maximum atomic E-state index is 14.2. The smallest absolute Gasteiger partial charge is 0.366 e. The van der Waals surface area contributed by atoms with Gasteiger partial charge in [0.1, 0.15) is 11.4 Å². The summed E-state index contributed by atoms with van der Waals surface area (Å²) >= 11 is 0. The van der Waals surface area contributed by atoms with Gasteiger partial charge >= 0.3 is 6.18 Å². The molecular formula is C33H44F3N7O2. The van der Waals surface area contributed by atoms with E-state index >= 15 is 0 Å². The Morgan fingerprint density at radius 1 is 0.933 bits per heavy atom. The Hall–Kier alpha value is -3.41. The number of rotatable bonds is 8. The molecule has 5 fully saturated rings. The van der Waals surface area contributed by atoms with E-state index in [1.807, 2.05) is 7.05 Å². The van der Waals surface area contributed by atoms with Crippen molar-refractivity contribution in [1.82, 2.24) is 25.1 Å². The second-order valence-corrected chi connectivity index (χ2v) is 13.5. The number of amides is 2. The van der Waals surface area contributed by atoms with Crippen LogP contribution in [-0.2, 0) is 11.0 Å².